The predicted molar refractivity (Wildman–Crippen MR) is 150 cm³/mol. The molecule has 1 fully saturated rings. The quantitative estimate of drug-likeness (QED) is 0.365. The Balaban J connectivity index is 1.35. The van der Waals surface area contributed by atoms with E-state index in [4.69, 9.17) is 38.1 Å². The standard InChI is InChI=1S/C27H26Cl2N4O3S/c1-2-35-23-14-16(9-11-22(23)36-15-17-8-10-20(28)21(29)13-17)12-19-24(30)33-27(31-25(19)34)37-26(32-33)18-6-4-3-5-7-18/h8-14,18,30H,2-7,15H2,1H3. The topological polar surface area (TPSA) is 87.3 Å². The van der Waals surface area contributed by atoms with E-state index < -0.39 is 5.91 Å². The van der Waals surface area contributed by atoms with Gasteiger partial charge in [0.15, 0.2) is 17.3 Å². The van der Waals surface area contributed by atoms with Gasteiger partial charge in [-0.3, -0.25) is 10.2 Å². The molecule has 0 saturated heterocycles. The number of nitrogens with zero attached hydrogens (tertiary/aromatic N) is 3. The van der Waals surface area contributed by atoms with Crippen LogP contribution in [0.3, 0.4) is 0 Å². The van der Waals surface area contributed by atoms with E-state index in [0.717, 1.165) is 23.4 Å². The lowest BCUT2D eigenvalue weighted by atomic mass is 9.90. The third kappa shape index (κ3) is 5.71. The Bertz CT molecular complexity index is 1330. The van der Waals surface area contributed by atoms with Crippen molar-refractivity contribution in [1.29, 1.82) is 5.41 Å². The number of hydrogen-bond acceptors (Lipinski definition) is 6. The number of fused-ring (bicyclic) bond motifs is 1. The Morgan fingerprint density at radius 2 is 1.89 bits per heavy atom. The summed E-state index contributed by atoms with van der Waals surface area (Å²) in [5.41, 5.74) is 1.75. The predicted octanol–water partition coefficient (Wildman–Crippen LogP) is 7.17. The zero-order valence-corrected chi connectivity index (χ0v) is 22.6. The third-order valence-electron chi connectivity index (χ3n) is 6.38. The van der Waals surface area contributed by atoms with E-state index in [1.807, 2.05) is 19.1 Å². The minimum atomic E-state index is -0.443. The van der Waals surface area contributed by atoms with Gasteiger partial charge in [-0.15, -0.1) is 0 Å². The lowest BCUT2D eigenvalue weighted by Crippen LogP contribution is -2.35. The van der Waals surface area contributed by atoms with Gasteiger partial charge in [-0.1, -0.05) is 54.6 Å². The second-order valence-electron chi connectivity index (χ2n) is 8.97. The molecule has 2 heterocycles. The number of carbonyl (C=O) groups is 1. The van der Waals surface area contributed by atoms with Crippen LogP contribution in [0.25, 0.3) is 6.08 Å². The van der Waals surface area contributed by atoms with E-state index in [1.165, 1.54) is 36.0 Å². The molecule has 0 radical (unpaired) electrons. The molecular formula is C27H26Cl2N4O3S. The van der Waals surface area contributed by atoms with Crippen LogP contribution in [0.4, 0.5) is 0 Å². The molecule has 1 amide bonds. The number of thioether (sulfide) groups is 1. The maximum atomic E-state index is 12.9. The normalized spacial score (nSPS) is 19.1. The number of carbonyl (C=O) groups excluding carboxylic acids is 1. The summed E-state index contributed by atoms with van der Waals surface area (Å²) in [7, 11) is 0. The lowest BCUT2D eigenvalue weighted by Gasteiger charge is -2.20. The first kappa shape index (κ1) is 25.8. The van der Waals surface area contributed by atoms with Crippen LogP contribution in [-0.4, -0.2) is 33.6 Å². The summed E-state index contributed by atoms with van der Waals surface area (Å²) < 4.78 is 11.8. The monoisotopic (exact) mass is 556 g/mol. The number of ether oxygens (including phenoxy) is 2. The molecule has 7 nitrogen and oxygen atoms in total. The number of aliphatic imine (C=N–C) groups is 1. The van der Waals surface area contributed by atoms with Gasteiger partial charge in [-0.05, 0) is 73.0 Å². The number of benzene rings is 2. The number of hydrogen-bond donors (Lipinski definition) is 1. The van der Waals surface area contributed by atoms with Crippen molar-refractivity contribution in [2.24, 2.45) is 16.0 Å². The first-order valence-electron chi connectivity index (χ1n) is 12.3. The average Bonchev–Trinajstić information content (AvgIpc) is 3.33. The Morgan fingerprint density at radius 3 is 2.65 bits per heavy atom. The van der Waals surface area contributed by atoms with Crippen LogP contribution in [0.15, 0.2) is 52.1 Å². The van der Waals surface area contributed by atoms with Gasteiger partial charge in [-0.2, -0.15) is 15.1 Å². The molecule has 0 unspecified atom stereocenters. The summed E-state index contributed by atoms with van der Waals surface area (Å²) in [6.07, 6.45) is 7.46. The van der Waals surface area contributed by atoms with Crippen molar-refractivity contribution in [3.63, 3.8) is 0 Å². The Hall–Kier alpha value is -2.81. The number of nitrogens with one attached hydrogen (secondary N) is 1. The van der Waals surface area contributed by atoms with E-state index in [0.29, 0.717) is 44.8 Å². The number of rotatable bonds is 7. The molecule has 0 aromatic heterocycles. The lowest BCUT2D eigenvalue weighted by molar-refractivity contribution is -0.114. The zero-order valence-electron chi connectivity index (χ0n) is 20.3. The van der Waals surface area contributed by atoms with Gasteiger partial charge in [0.1, 0.15) is 11.7 Å². The Labute approximate surface area is 230 Å². The Kier molecular flexibility index (Phi) is 7.88. The zero-order chi connectivity index (χ0) is 25.9. The highest BCUT2D eigenvalue weighted by Crippen LogP contribution is 2.37. The second kappa shape index (κ2) is 11.3. The number of amidine groups is 2. The van der Waals surface area contributed by atoms with Gasteiger partial charge in [0.25, 0.3) is 5.91 Å². The number of hydrazone groups is 1. The molecule has 0 bridgehead atoms. The van der Waals surface area contributed by atoms with Crippen molar-refractivity contribution < 1.29 is 14.3 Å². The first-order chi connectivity index (χ1) is 17.9. The molecular weight excluding hydrogens is 531 g/mol. The van der Waals surface area contributed by atoms with Gasteiger partial charge in [0.05, 0.1) is 22.2 Å². The van der Waals surface area contributed by atoms with Crippen molar-refractivity contribution >= 4 is 63.0 Å². The summed E-state index contributed by atoms with van der Waals surface area (Å²) in [5, 5.41) is 17.2. The van der Waals surface area contributed by atoms with Crippen molar-refractivity contribution in [2.75, 3.05) is 6.61 Å². The van der Waals surface area contributed by atoms with Crippen LogP contribution >= 0.6 is 35.0 Å². The van der Waals surface area contributed by atoms with Gasteiger partial charge in [-0.25, -0.2) is 0 Å². The molecule has 2 aromatic carbocycles. The van der Waals surface area contributed by atoms with Crippen molar-refractivity contribution in [3.05, 3.63) is 63.1 Å². The maximum Gasteiger partial charge on any atom is 0.283 e. The van der Waals surface area contributed by atoms with Crippen LogP contribution in [0.5, 0.6) is 11.5 Å². The molecule has 1 aliphatic carbocycles. The average molecular weight is 558 g/mol. The highest BCUT2D eigenvalue weighted by molar-refractivity contribution is 8.27. The van der Waals surface area contributed by atoms with Crippen LogP contribution in [-0.2, 0) is 11.4 Å². The number of amides is 1. The van der Waals surface area contributed by atoms with Crippen molar-refractivity contribution in [1.82, 2.24) is 5.01 Å². The van der Waals surface area contributed by atoms with Crippen LogP contribution in [0, 0.1) is 11.3 Å². The summed E-state index contributed by atoms with van der Waals surface area (Å²) in [6, 6.07) is 10.7. The molecule has 1 saturated carbocycles. The fraction of sp³-hybridized carbons (Fsp3) is 0.333. The van der Waals surface area contributed by atoms with E-state index in [9.17, 15) is 4.79 Å². The third-order valence-corrected chi connectivity index (χ3v) is 8.19. The first-order valence-corrected chi connectivity index (χ1v) is 13.8. The Morgan fingerprint density at radius 1 is 1.08 bits per heavy atom. The molecule has 0 atom stereocenters. The molecule has 0 spiro atoms. The van der Waals surface area contributed by atoms with E-state index in [2.05, 4.69) is 10.1 Å². The fourth-order valence-corrected chi connectivity index (χ4v) is 5.86. The summed E-state index contributed by atoms with van der Waals surface area (Å²) in [5.74, 6) is 1.06. The highest BCUT2D eigenvalue weighted by atomic mass is 35.5. The molecule has 10 heteroatoms. The van der Waals surface area contributed by atoms with Crippen molar-refractivity contribution in [2.45, 2.75) is 45.6 Å². The molecule has 1 N–H and O–H groups in total. The van der Waals surface area contributed by atoms with Crippen LogP contribution < -0.4 is 9.47 Å². The molecule has 37 heavy (non-hydrogen) atoms. The largest absolute Gasteiger partial charge is 0.490 e. The van der Waals surface area contributed by atoms with Crippen LogP contribution in [0.2, 0.25) is 10.0 Å². The summed E-state index contributed by atoms with van der Waals surface area (Å²) in [6.45, 7) is 2.61. The number of halogens is 2. The van der Waals surface area contributed by atoms with E-state index in [1.54, 1.807) is 30.3 Å². The minimum Gasteiger partial charge on any atom is -0.490 e. The maximum absolute atomic E-state index is 12.9. The van der Waals surface area contributed by atoms with Gasteiger partial charge in [0, 0.05) is 5.92 Å². The molecule has 2 aliphatic heterocycles. The van der Waals surface area contributed by atoms with E-state index in [-0.39, 0.29) is 18.0 Å². The summed E-state index contributed by atoms with van der Waals surface area (Å²) in [4.78, 5) is 17.1. The fourth-order valence-electron chi connectivity index (χ4n) is 4.48. The van der Waals surface area contributed by atoms with Gasteiger partial charge < -0.3 is 9.47 Å². The van der Waals surface area contributed by atoms with Crippen molar-refractivity contribution in [3.8, 4) is 11.5 Å². The minimum absolute atomic E-state index is 0.0335. The smallest absolute Gasteiger partial charge is 0.283 e. The van der Waals surface area contributed by atoms with Crippen LogP contribution in [0.1, 0.15) is 50.2 Å². The molecule has 5 rings (SSSR count). The molecule has 192 valence electrons. The highest BCUT2D eigenvalue weighted by Gasteiger charge is 2.38. The molecule has 3 aliphatic rings. The van der Waals surface area contributed by atoms with Gasteiger partial charge >= 0.3 is 0 Å². The molecule has 2 aromatic rings. The van der Waals surface area contributed by atoms with Gasteiger partial charge in [0.2, 0.25) is 5.17 Å². The second-order valence-corrected chi connectivity index (χ2v) is 10.8. The van der Waals surface area contributed by atoms with E-state index >= 15 is 0 Å². The summed E-state index contributed by atoms with van der Waals surface area (Å²) >= 11 is 13.5. The SMILES string of the molecule is CCOc1cc(C=C2C(=N)N3N=C(C4CCCCC4)SC3=NC2=O)ccc1OCc1ccc(Cl)c(Cl)c1.